The Morgan fingerprint density at radius 2 is 1.68 bits per heavy atom. The maximum absolute atomic E-state index is 12.4. The molecule has 6 nitrogen and oxygen atoms in total. The lowest BCUT2D eigenvalue weighted by Gasteiger charge is -2.24. The number of sulfonamides is 1. The molecule has 2 aromatic carbocycles. The Balaban J connectivity index is 2.04. The molecular formula is C18H23NO5S. The minimum atomic E-state index is -3.74. The highest BCUT2D eigenvalue weighted by Crippen LogP contribution is 2.19. The lowest BCUT2D eigenvalue weighted by atomic mass is 9.97. The first-order chi connectivity index (χ1) is 11.8. The van der Waals surface area contributed by atoms with Crippen LogP contribution in [0.15, 0.2) is 53.4 Å². The van der Waals surface area contributed by atoms with Crippen LogP contribution in [0.25, 0.3) is 0 Å². The van der Waals surface area contributed by atoms with Crippen LogP contribution in [0.3, 0.4) is 0 Å². The Morgan fingerprint density at radius 3 is 2.28 bits per heavy atom. The van der Waals surface area contributed by atoms with Crippen LogP contribution in [-0.2, 0) is 16.4 Å². The maximum atomic E-state index is 12.4. The van der Waals surface area contributed by atoms with Crippen LogP contribution < -0.4 is 14.2 Å². The van der Waals surface area contributed by atoms with Crippen molar-refractivity contribution in [2.75, 3.05) is 20.8 Å². The molecule has 1 atom stereocenters. The van der Waals surface area contributed by atoms with Gasteiger partial charge in [0.1, 0.15) is 11.5 Å². The second-order valence-corrected chi connectivity index (χ2v) is 7.79. The van der Waals surface area contributed by atoms with Crippen LogP contribution in [-0.4, -0.2) is 39.9 Å². The van der Waals surface area contributed by atoms with Crippen molar-refractivity contribution in [1.82, 2.24) is 4.72 Å². The van der Waals surface area contributed by atoms with Crippen molar-refractivity contribution < 1.29 is 23.0 Å². The predicted octanol–water partition coefficient (Wildman–Crippen LogP) is 1.98. The molecule has 0 spiro atoms. The van der Waals surface area contributed by atoms with Gasteiger partial charge in [0.2, 0.25) is 10.0 Å². The van der Waals surface area contributed by atoms with E-state index in [1.54, 1.807) is 38.3 Å². The summed E-state index contributed by atoms with van der Waals surface area (Å²) >= 11 is 0. The van der Waals surface area contributed by atoms with Crippen LogP contribution in [0, 0.1) is 0 Å². The standard InChI is InChI=1S/C18H23NO5S/c1-18(20,12-14-7-9-15(23-2)10-8-14)13-19-25(21,22)17-6-4-5-16(11-17)24-3/h4-11,19-20H,12-13H2,1-3H3. The van der Waals surface area contributed by atoms with Gasteiger partial charge in [-0.1, -0.05) is 18.2 Å². The molecule has 0 amide bonds. The molecule has 0 heterocycles. The number of methoxy groups -OCH3 is 2. The van der Waals surface area contributed by atoms with Crippen LogP contribution in [0.5, 0.6) is 11.5 Å². The second-order valence-electron chi connectivity index (χ2n) is 6.03. The molecule has 136 valence electrons. The lowest BCUT2D eigenvalue weighted by Crippen LogP contribution is -2.42. The Hall–Kier alpha value is -2.09. The summed E-state index contributed by atoms with van der Waals surface area (Å²) in [5.74, 6) is 1.18. The molecule has 0 saturated heterocycles. The lowest BCUT2D eigenvalue weighted by molar-refractivity contribution is 0.0657. The molecule has 2 aromatic rings. The summed E-state index contributed by atoms with van der Waals surface area (Å²) in [5.41, 5.74) is -0.355. The van der Waals surface area contributed by atoms with E-state index in [9.17, 15) is 13.5 Å². The summed E-state index contributed by atoms with van der Waals surface area (Å²) in [6.45, 7) is 1.48. The number of ether oxygens (including phenoxy) is 2. The number of benzene rings is 2. The third kappa shape index (κ3) is 5.45. The van der Waals surface area contributed by atoms with E-state index in [2.05, 4.69) is 4.72 Å². The molecule has 2 rings (SSSR count). The number of aliphatic hydroxyl groups is 1. The smallest absolute Gasteiger partial charge is 0.240 e. The van der Waals surface area contributed by atoms with E-state index in [1.165, 1.54) is 19.2 Å². The largest absolute Gasteiger partial charge is 0.497 e. The molecule has 0 radical (unpaired) electrons. The van der Waals surface area contributed by atoms with Crippen molar-refractivity contribution in [3.8, 4) is 11.5 Å². The normalized spacial score (nSPS) is 13.9. The highest BCUT2D eigenvalue weighted by Gasteiger charge is 2.25. The van der Waals surface area contributed by atoms with Crippen LogP contribution in [0.4, 0.5) is 0 Å². The van der Waals surface area contributed by atoms with Gasteiger partial charge in [-0.3, -0.25) is 0 Å². The molecule has 0 bridgehead atoms. The minimum Gasteiger partial charge on any atom is -0.497 e. The first kappa shape index (κ1) is 19.2. The van der Waals surface area contributed by atoms with E-state index in [0.29, 0.717) is 12.2 Å². The first-order valence-electron chi connectivity index (χ1n) is 7.75. The summed E-state index contributed by atoms with van der Waals surface area (Å²) in [7, 11) is -0.686. The maximum Gasteiger partial charge on any atom is 0.240 e. The molecule has 7 heteroatoms. The third-order valence-corrected chi connectivity index (χ3v) is 5.14. The van der Waals surface area contributed by atoms with E-state index in [1.807, 2.05) is 12.1 Å². The number of hydrogen-bond donors (Lipinski definition) is 2. The van der Waals surface area contributed by atoms with Crippen molar-refractivity contribution in [2.24, 2.45) is 0 Å². The molecule has 0 aliphatic carbocycles. The minimum absolute atomic E-state index is 0.0899. The number of nitrogens with one attached hydrogen (secondary N) is 1. The van der Waals surface area contributed by atoms with E-state index < -0.39 is 15.6 Å². The van der Waals surface area contributed by atoms with Crippen molar-refractivity contribution in [3.05, 3.63) is 54.1 Å². The van der Waals surface area contributed by atoms with E-state index in [-0.39, 0.29) is 11.4 Å². The summed E-state index contributed by atoms with van der Waals surface area (Å²) in [6, 6.07) is 13.4. The average Bonchev–Trinajstić information content (AvgIpc) is 2.61. The topological polar surface area (TPSA) is 84.9 Å². The van der Waals surface area contributed by atoms with Crippen molar-refractivity contribution >= 4 is 10.0 Å². The summed E-state index contributed by atoms with van der Waals surface area (Å²) < 4.78 is 37.4. The predicted molar refractivity (Wildman–Crippen MR) is 95.5 cm³/mol. The van der Waals surface area contributed by atoms with Gasteiger partial charge in [-0.25, -0.2) is 13.1 Å². The highest BCUT2D eigenvalue weighted by atomic mass is 32.2. The van der Waals surface area contributed by atoms with E-state index in [4.69, 9.17) is 9.47 Å². The zero-order valence-electron chi connectivity index (χ0n) is 14.5. The molecule has 1 unspecified atom stereocenters. The summed E-state index contributed by atoms with van der Waals surface area (Å²) in [4.78, 5) is 0.0899. The van der Waals surface area contributed by atoms with Crippen LogP contribution >= 0.6 is 0 Å². The number of rotatable bonds is 8. The van der Waals surface area contributed by atoms with Gasteiger partial charge in [0.25, 0.3) is 0 Å². The van der Waals surface area contributed by atoms with Gasteiger partial charge in [-0.2, -0.15) is 0 Å². The van der Waals surface area contributed by atoms with Crippen molar-refractivity contribution in [2.45, 2.75) is 23.8 Å². The monoisotopic (exact) mass is 365 g/mol. The molecular weight excluding hydrogens is 342 g/mol. The fourth-order valence-corrected chi connectivity index (χ4v) is 3.54. The van der Waals surface area contributed by atoms with Gasteiger partial charge in [0.05, 0.1) is 24.7 Å². The van der Waals surface area contributed by atoms with Gasteiger partial charge >= 0.3 is 0 Å². The highest BCUT2D eigenvalue weighted by molar-refractivity contribution is 7.89. The van der Waals surface area contributed by atoms with Crippen molar-refractivity contribution in [3.63, 3.8) is 0 Å². The Morgan fingerprint density at radius 1 is 1.04 bits per heavy atom. The summed E-state index contributed by atoms with van der Waals surface area (Å²) in [6.07, 6.45) is 0.303. The fourth-order valence-electron chi connectivity index (χ4n) is 2.35. The van der Waals surface area contributed by atoms with Gasteiger partial charge in [0, 0.05) is 19.0 Å². The third-order valence-electron chi connectivity index (χ3n) is 3.74. The fraction of sp³-hybridized carbons (Fsp3) is 0.333. The van der Waals surface area contributed by atoms with Crippen LogP contribution in [0.2, 0.25) is 0 Å². The zero-order chi connectivity index (χ0) is 18.5. The molecule has 0 aliphatic rings. The van der Waals surface area contributed by atoms with Crippen molar-refractivity contribution in [1.29, 1.82) is 0 Å². The van der Waals surface area contributed by atoms with Gasteiger partial charge < -0.3 is 14.6 Å². The Bertz CT molecular complexity index is 800. The Labute approximate surface area is 148 Å². The molecule has 2 N–H and O–H groups in total. The molecule has 0 saturated carbocycles. The molecule has 0 aromatic heterocycles. The zero-order valence-corrected chi connectivity index (χ0v) is 15.3. The quantitative estimate of drug-likeness (QED) is 0.747. The molecule has 0 aliphatic heterocycles. The first-order valence-corrected chi connectivity index (χ1v) is 9.23. The second kappa shape index (κ2) is 7.86. The van der Waals surface area contributed by atoms with Gasteiger partial charge in [-0.15, -0.1) is 0 Å². The van der Waals surface area contributed by atoms with E-state index >= 15 is 0 Å². The van der Waals surface area contributed by atoms with Gasteiger partial charge in [-0.05, 0) is 36.8 Å². The Kier molecular flexibility index (Phi) is 6.05. The van der Waals surface area contributed by atoms with Gasteiger partial charge in [0.15, 0.2) is 0 Å². The summed E-state index contributed by atoms with van der Waals surface area (Å²) in [5, 5.41) is 10.5. The average molecular weight is 365 g/mol. The van der Waals surface area contributed by atoms with Crippen LogP contribution in [0.1, 0.15) is 12.5 Å². The molecule has 0 fully saturated rings. The molecule has 25 heavy (non-hydrogen) atoms. The van der Waals surface area contributed by atoms with E-state index in [0.717, 1.165) is 11.3 Å². The number of hydrogen-bond acceptors (Lipinski definition) is 5. The SMILES string of the molecule is COc1ccc(CC(C)(O)CNS(=O)(=O)c2cccc(OC)c2)cc1.